The maximum Gasteiger partial charge on any atom is 0.416 e. The maximum absolute atomic E-state index is 13.3. The molecule has 0 aliphatic heterocycles. The Morgan fingerprint density at radius 3 is 2.35 bits per heavy atom. The molecule has 166 valence electrons. The fourth-order valence-corrected chi connectivity index (χ4v) is 3.26. The van der Waals surface area contributed by atoms with Gasteiger partial charge in [-0.15, -0.1) is 0 Å². The second-order valence-electron chi connectivity index (χ2n) is 7.24. The number of para-hydroxylation sites is 1. The number of nitrogens with one attached hydrogen (secondary N) is 1. The standard InChI is InChI=1S/C22H22F5N3O/c1-2-21(23,24)12-6-7-13-28-19-17-11-10-15(22(25,26)27)14-18(17)30(20(31)29-19)16-8-4-3-5-9-16/h3-5,8-11,14H,2,6-7,12-13H2,1H3,(H,28,29,31). The van der Waals surface area contributed by atoms with Crippen LogP contribution in [0.1, 0.15) is 38.2 Å². The normalized spacial score (nSPS) is 12.3. The molecule has 0 amide bonds. The zero-order valence-electron chi connectivity index (χ0n) is 16.8. The van der Waals surface area contributed by atoms with Gasteiger partial charge in [0.2, 0.25) is 5.92 Å². The first-order valence-corrected chi connectivity index (χ1v) is 9.93. The average Bonchev–Trinajstić information content (AvgIpc) is 2.73. The Bertz CT molecular complexity index is 1090. The highest BCUT2D eigenvalue weighted by Crippen LogP contribution is 2.33. The molecule has 0 aliphatic rings. The number of benzene rings is 2. The lowest BCUT2D eigenvalue weighted by molar-refractivity contribution is -0.137. The highest BCUT2D eigenvalue weighted by atomic mass is 19.4. The molecule has 0 atom stereocenters. The summed E-state index contributed by atoms with van der Waals surface area (Å²) >= 11 is 0. The summed E-state index contributed by atoms with van der Waals surface area (Å²) in [6.45, 7) is 1.68. The first kappa shape index (κ1) is 22.7. The van der Waals surface area contributed by atoms with Crippen molar-refractivity contribution >= 4 is 16.7 Å². The molecule has 3 aromatic rings. The van der Waals surface area contributed by atoms with E-state index in [0.29, 0.717) is 17.5 Å². The molecule has 4 nitrogen and oxygen atoms in total. The summed E-state index contributed by atoms with van der Waals surface area (Å²) in [5.74, 6) is -2.59. The molecule has 0 saturated carbocycles. The van der Waals surface area contributed by atoms with E-state index in [4.69, 9.17) is 0 Å². The Kier molecular flexibility index (Phi) is 6.62. The summed E-state index contributed by atoms with van der Waals surface area (Å²) < 4.78 is 67.6. The molecule has 0 spiro atoms. The minimum absolute atomic E-state index is 0.0565. The van der Waals surface area contributed by atoms with Gasteiger partial charge in [-0.05, 0) is 43.2 Å². The molecule has 3 rings (SSSR count). The largest absolute Gasteiger partial charge is 0.416 e. The zero-order chi connectivity index (χ0) is 22.6. The summed E-state index contributed by atoms with van der Waals surface area (Å²) in [5.41, 5.74) is -1.18. The molecule has 0 fully saturated rings. The van der Waals surface area contributed by atoms with Gasteiger partial charge in [-0.2, -0.15) is 18.2 Å². The molecular formula is C22H22F5N3O. The number of fused-ring (bicyclic) bond motifs is 1. The van der Waals surface area contributed by atoms with E-state index in [1.807, 2.05) is 0 Å². The zero-order valence-corrected chi connectivity index (χ0v) is 16.8. The van der Waals surface area contributed by atoms with Crippen LogP contribution in [0.25, 0.3) is 16.6 Å². The second-order valence-corrected chi connectivity index (χ2v) is 7.24. The fourth-order valence-electron chi connectivity index (χ4n) is 3.26. The van der Waals surface area contributed by atoms with E-state index in [1.165, 1.54) is 13.0 Å². The van der Waals surface area contributed by atoms with Gasteiger partial charge in [0.1, 0.15) is 5.82 Å². The van der Waals surface area contributed by atoms with Crippen molar-refractivity contribution in [3.63, 3.8) is 0 Å². The number of anilines is 1. The summed E-state index contributed by atoms with van der Waals surface area (Å²) in [6.07, 6.45) is -4.38. The minimum atomic E-state index is -4.58. The molecule has 0 saturated heterocycles. The van der Waals surface area contributed by atoms with Crippen LogP contribution in [0.5, 0.6) is 0 Å². The van der Waals surface area contributed by atoms with Crippen molar-refractivity contribution < 1.29 is 22.0 Å². The van der Waals surface area contributed by atoms with Gasteiger partial charge in [-0.3, -0.25) is 4.57 Å². The highest BCUT2D eigenvalue weighted by molar-refractivity contribution is 5.90. The van der Waals surface area contributed by atoms with Gasteiger partial charge < -0.3 is 5.32 Å². The molecule has 1 heterocycles. The Hall–Kier alpha value is -2.97. The first-order chi connectivity index (χ1) is 14.6. The van der Waals surface area contributed by atoms with Crippen LogP contribution in [-0.2, 0) is 6.18 Å². The lowest BCUT2D eigenvalue weighted by Crippen LogP contribution is -2.24. The average molecular weight is 439 g/mol. The number of aromatic nitrogens is 2. The molecule has 31 heavy (non-hydrogen) atoms. The van der Waals surface area contributed by atoms with E-state index in [0.717, 1.165) is 16.7 Å². The topological polar surface area (TPSA) is 46.9 Å². The van der Waals surface area contributed by atoms with E-state index >= 15 is 0 Å². The van der Waals surface area contributed by atoms with Crippen molar-refractivity contribution in [2.45, 2.75) is 44.7 Å². The molecule has 0 bridgehead atoms. The van der Waals surface area contributed by atoms with Gasteiger partial charge in [0.25, 0.3) is 0 Å². The van der Waals surface area contributed by atoms with E-state index in [2.05, 4.69) is 10.3 Å². The van der Waals surface area contributed by atoms with Crippen molar-refractivity contribution in [1.29, 1.82) is 0 Å². The van der Waals surface area contributed by atoms with Crippen molar-refractivity contribution in [1.82, 2.24) is 9.55 Å². The number of hydrogen-bond acceptors (Lipinski definition) is 3. The summed E-state index contributed by atoms with van der Waals surface area (Å²) in [6, 6.07) is 11.4. The third kappa shape index (κ3) is 5.39. The van der Waals surface area contributed by atoms with Crippen molar-refractivity contribution in [3.05, 3.63) is 64.6 Å². The molecule has 2 aromatic carbocycles. The van der Waals surface area contributed by atoms with Crippen LogP contribution in [0.4, 0.5) is 27.8 Å². The van der Waals surface area contributed by atoms with Gasteiger partial charge in [0.15, 0.2) is 0 Å². The molecule has 1 N–H and O–H groups in total. The van der Waals surface area contributed by atoms with Crippen molar-refractivity contribution in [2.75, 3.05) is 11.9 Å². The van der Waals surface area contributed by atoms with Crippen LogP contribution in [0.15, 0.2) is 53.3 Å². The number of hydrogen-bond donors (Lipinski definition) is 1. The third-order valence-electron chi connectivity index (χ3n) is 5.01. The van der Waals surface area contributed by atoms with Gasteiger partial charge in [0.05, 0.1) is 16.8 Å². The number of nitrogens with zero attached hydrogens (tertiary/aromatic N) is 2. The molecule has 0 aliphatic carbocycles. The van der Waals surface area contributed by atoms with Gasteiger partial charge in [-0.1, -0.05) is 25.1 Å². The number of alkyl halides is 5. The molecule has 0 unspecified atom stereocenters. The summed E-state index contributed by atoms with van der Waals surface area (Å²) in [5, 5.41) is 3.25. The smallest absolute Gasteiger partial charge is 0.369 e. The van der Waals surface area contributed by atoms with Crippen LogP contribution in [0.3, 0.4) is 0 Å². The quantitative estimate of drug-likeness (QED) is 0.344. The maximum atomic E-state index is 13.3. The van der Waals surface area contributed by atoms with Crippen molar-refractivity contribution in [2.24, 2.45) is 0 Å². The molecular weight excluding hydrogens is 417 g/mol. The molecule has 0 radical (unpaired) electrons. The molecule has 9 heteroatoms. The second kappa shape index (κ2) is 9.03. The minimum Gasteiger partial charge on any atom is -0.369 e. The number of halogens is 5. The van der Waals surface area contributed by atoms with Crippen LogP contribution in [0.2, 0.25) is 0 Å². The fraction of sp³-hybridized carbons (Fsp3) is 0.364. The highest BCUT2D eigenvalue weighted by Gasteiger charge is 2.31. The van der Waals surface area contributed by atoms with E-state index in [9.17, 15) is 26.7 Å². The first-order valence-electron chi connectivity index (χ1n) is 9.93. The van der Waals surface area contributed by atoms with E-state index in [-0.39, 0.29) is 37.1 Å². The number of rotatable bonds is 8. The predicted molar refractivity (Wildman–Crippen MR) is 110 cm³/mol. The van der Waals surface area contributed by atoms with Gasteiger partial charge in [-0.25, -0.2) is 13.6 Å². The third-order valence-corrected chi connectivity index (χ3v) is 5.01. The van der Waals surface area contributed by atoms with Gasteiger partial charge >= 0.3 is 11.9 Å². The Morgan fingerprint density at radius 1 is 1.00 bits per heavy atom. The summed E-state index contributed by atoms with van der Waals surface area (Å²) in [4.78, 5) is 16.7. The lowest BCUT2D eigenvalue weighted by Gasteiger charge is -2.16. The van der Waals surface area contributed by atoms with Crippen LogP contribution in [-0.4, -0.2) is 22.0 Å². The van der Waals surface area contributed by atoms with Crippen molar-refractivity contribution in [3.8, 4) is 5.69 Å². The lowest BCUT2D eigenvalue weighted by atomic mass is 10.1. The Labute approximate surface area is 175 Å². The van der Waals surface area contributed by atoms with Crippen LogP contribution in [0, 0.1) is 0 Å². The van der Waals surface area contributed by atoms with Gasteiger partial charge in [0, 0.05) is 24.8 Å². The van der Waals surface area contributed by atoms with Crippen LogP contribution < -0.4 is 11.0 Å². The van der Waals surface area contributed by atoms with E-state index < -0.39 is 23.4 Å². The number of unbranched alkanes of at least 4 members (excludes halogenated alkanes) is 1. The van der Waals surface area contributed by atoms with E-state index in [1.54, 1.807) is 30.3 Å². The molecule has 1 aromatic heterocycles. The SMILES string of the molecule is CCC(F)(F)CCCCNc1nc(=O)n(-c2ccccc2)c2cc(C(F)(F)F)ccc12. The Morgan fingerprint density at radius 2 is 1.71 bits per heavy atom. The monoisotopic (exact) mass is 439 g/mol. The summed E-state index contributed by atoms with van der Waals surface area (Å²) in [7, 11) is 0. The predicted octanol–water partition coefficient (Wildman–Crippen LogP) is 6.03. The van der Waals surface area contributed by atoms with Crippen LogP contribution >= 0.6 is 0 Å². The Balaban J connectivity index is 1.96.